The lowest BCUT2D eigenvalue weighted by Gasteiger charge is -2.08. The average Bonchev–Trinajstić information content (AvgIpc) is 2.46. The second kappa shape index (κ2) is 5.91. The predicted octanol–water partition coefficient (Wildman–Crippen LogP) is 2.33. The molecule has 2 aromatic carbocycles. The number of hydrogen-bond donors (Lipinski definition) is 2. The van der Waals surface area contributed by atoms with E-state index in [0.717, 1.165) is 0 Å². The van der Waals surface area contributed by atoms with E-state index < -0.39 is 4.92 Å². The Labute approximate surface area is 120 Å². The average molecular weight is 287 g/mol. The number of anilines is 1. The molecule has 2 rings (SSSR count). The predicted molar refractivity (Wildman–Crippen MR) is 77.4 cm³/mol. The van der Waals surface area contributed by atoms with Crippen molar-refractivity contribution in [3.63, 3.8) is 0 Å². The van der Waals surface area contributed by atoms with Crippen LogP contribution in [0, 0.1) is 10.1 Å². The zero-order valence-electron chi connectivity index (χ0n) is 11.2. The Bertz CT molecular complexity index is 700. The fourth-order valence-electron chi connectivity index (χ4n) is 1.74. The van der Waals surface area contributed by atoms with Crippen LogP contribution in [0.4, 0.5) is 11.4 Å². The van der Waals surface area contributed by atoms with Crippen molar-refractivity contribution in [3.8, 4) is 11.5 Å². The number of nitro benzene ring substituents is 1. The summed E-state index contributed by atoms with van der Waals surface area (Å²) in [5.74, 6) is -0.0267. The highest BCUT2D eigenvalue weighted by Gasteiger charge is 2.18. The molecular weight excluding hydrogens is 274 g/mol. The molecule has 7 heteroatoms. The van der Waals surface area contributed by atoms with Crippen molar-refractivity contribution < 1.29 is 14.5 Å². The molecule has 0 saturated carbocycles. The van der Waals surface area contributed by atoms with Gasteiger partial charge in [0.1, 0.15) is 5.75 Å². The van der Waals surface area contributed by atoms with Crippen LogP contribution in [-0.2, 0) is 0 Å². The van der Waals surface area contributed by atoms with E-state index in [0.29, 0.717) is 11.4 Å². The van der Waals surface area contributed by atoms with Crippen LogP contribution in [0.25, 0.3) is 0 Å². The van der Waals surface area contributed by atoms with Crippen LogP contribution in [-0.4, -0.2) is 17.9 Å². The van der Waals surface area contributed by atoms with E-state index in [9.17, 15) is 14.9 Å². The van der Waals surface area contributed by atoms with E-state index in [1.807, 2.05) is 0 Å². The van der Waals surface area contributed by atoms with Crippen molar-refractivity contribution >= 4 is 17.3 Å². The minimum absolute atomic E-state index is 0.0216. The van der Waals surface area contributed by atoms with Crippen LogP contribution >= 0.6 is 0 Å². The number of hydrogen-bond acceptors (Lipinski definition) is 5. The van der Waals surface area contributed by atoms with Gasteiger partial charge in [0, 0.05) is 36.5 Å². The van der Waals surface area contributed by atoms with Gasteiger partial charge in [-0.15, -0.1) is 0 Å². The molecule has 0 aliphatic rings. The maximum Gasteiger partial charge on any atom is 0.311 e. The van der Waals surface area contributed by atoms with Crippen LogP contribution in [0.3, 0.4) is 0 Å². The monoisotopic (exact) mass is 287 g/mol. The van der Waals surface area contributed by atoms with Crippen LogP contribution in [0.2, 0.25) is 0 Å². The van der Waals surface area contributed by atoms with E-state index in [1.165, 1.54) is 31.3 Å². The fraction of sp³-hybridized carbons (Fsp3) is 0.0714. The summed E-state index contributed by atoms with van der Waals surface area (Å²) in [5, 5.41) is 13.5. The Kier molecular flexibility index (Phi) is 4.03. The van der Waals surface area contributed by atoms with Gasteiger partial charge in [-0.2, -0.15) is 0 Å². The van der Waals surface area contributed by atoms with Crippen LogP contribution in [0.1, 0.15) is 10.4 Å². The first-order valence-corrected chi connectivity index (χ1v) is 6.05. The molecule has 7 nitrogen and oxygen atoms in total. The van der Waals surface area contributed by atoms with Crippen molar-refractivity contribution in [2.75, 3.05) is 12.8 Å². The molecule has 0 atom stereocenters. The molecule has 21 heavy (non-hydrogen) atoms. The van der Waals surface area contributed by atoms with Gasteiger partial charge in [-0.3, -0.25) is 14.9 Å². The summed E-state index contributed by atoms with van der Waals surface area (Å²) < 4.78 is 5.49. The zero-order chi connectivity index (χ0) is 15.4. The Morgan fingerprint density at radius 1 is 1.29 bits per heavy atom. The molecule has 0 saturated heterocycles. The van der Waals surface area contributed by atoms with Crippen molar-refractivity contribution in [1.29, 1.82) is 0 Å². The number of amides is 1. The summed E-state index contributed by atoms with van der Waals surface area (Å²) in [5.41, 5.74) is 6.14. The number of nitrogens with one attached hydrogen (secondary N) is 1. The second-order valence-corrected chi connectivity index (χ2v) is 4.19. The normalized spacial score (nSPS) is 9.95. The number of carbonyl (C=O) groups is 1. The minimum Gasteiger partial charge on any atom is -0.450 e. The molecule has 0 aliphatic heterocycles. The topological polar surface area (TPSA) is 107 Å². The molecule has 0 fully saturated rings. The Morgan fingerprint density at radius 3 is 2.67 bits per heavy atom. The Balaban J connectivity index is 2.43. The Hall–Kier alpha value is -3.09. The van der Waals surface area contributed by atoms with Gasteiger partial charge in [-0.05, 0) is 18.2 Å². The standard InChI is InChI=1S/C14H13N3O4/c1-16-14(18)9-5-6-12(17(19)20)13(7-9)21-11-4-2-3-10(15)8-11/h2-8H,15H2,1H3,(H,16,18). The van der Waals surface area contributed by atoms with Crippen molar-refractivity contribution in [1.82, 2.24) is 5.32 Å². The number of ether oxygens (including phenoxy) is 1. The lowest BCUT2D eigenvalue weighted by Crippen LogP contribution is -2.17. The van der Waals surface area contributed by atoms with E-state index in [2.05, 4.69) is 5.32 Å². The van der Waals surface area contributed by atoms with Crippen LogP contribution < -0.4 is 15.8 Å². The molecule has 0 bridgehead atoms. The lowest BCUT2D eigenvalue weighted by atomic mass is 10.1. The summed E-state index contributed by atoms with van der Waals surface area (Å²) in [4.78, 5) is 22.1. The number of benzene rings is 2. The summed E-state index contributed by atoms with van der Waals surface area (Å²) in [6, 6.07) is 10.4. The lowest BCUT2D eigenvalue weighted by molar-refractivity contribution is -0.385. The molecule has 0 aliphatic carbocycles. The zero-order valence-corrected chi connectivity index (χ0v) is 11.2. The first kappa shape index (κ1) is 14.3. The molecule has 0 unspecified atom stereocenters. The second-order valence-electron chi connectivity index (χ2n) is 4.19. The molecule has 3 N–H and O–H groups in total. The van der Waals surface area contributed by atoms with Gasteiger partial charge >= 0.3 is 5.69 Å². The van der Waals surface area contributed by atoms with Gasteiger partial charge in [0.25, 0.3) is 5.91 Å². The molecule has 2 aromatic rings. The van der Waals surface area contributed by atoms with E-state index in [1.54, 1.807) is 18.2 Å². The largest absolute Gasteiger partial charge is 0.450 e. The van der Waals surface area contributed by atoms with Crippen molar-refractivity contribution in [2.24, 2.45) is 0 Å². The van der Waals surface area contributed by atoms with Crippen LogP contribution in [0.5, 0.6) is 11.5 Å². The molecule has 0 heterocycles. The summed E-state index contributed by atoms with van der Waals surface area (Å²) >= 11 is 0. The molecule has 0 radical (unpaired) electrons. The van der Waals surface area contributed by atoms with E-state index in [-0.39, 0.29) is 22.9 Å². The quantitative estimate of drug-likeness (QED) is 0.509. The first-order chi connectivity index (χ1) is 10.0. The van der Waals surface area contributed by atoms with Gasteiger partial charge in [0.15, 0.2) is 0 Å². The number of nitrogens with zero attached hydrogens (tertiary/aromatic N) is 1. The van der Waals surface area contributed by atoms with Gasteiger partial charge in [0.2, 0.25) is 5.75 Å². The number of nitrogens with two attached hydrogens (primary N) is 1. The molecule has 1 amide bonds. The maximum absolute atomic E-state index is 11.6. The van der Waals surface area contributed by atoms with E-state index >= 15 is 0 Å². The van der Waals surface area contributed by atoms with Gasteiger partial charge in [0.05, 0.1) is 4.92 Å². The van der Waals surface area contributed by atoms with Crippen molar-refractivity contribution in [3.05, 3.63) is 58.1 Å². The smallest absolute Gasteiger partial charge is 0.311 e. The Morgan fingerprint density at radius 2 is 2.05 bits per heavy atom. The summed E-state index contributed by atoms with van der Waals surface area (Å²) in [7, 11) is 1.47. The fourth-order valence-corrected chi connectivity index (χ4v) is 1.74. The highest BCUT2D eigenvalue weighted by atomic mass is 16.6. The summed E-state index contributed by atoms with van der Waals surface area (Å²) in [6.07, 6.45) is 0. The number of nitro groups is 1. The number of rotatable bonds is 4. The van der Waals surface area contributed by atoms with Crippen molar-refractivity contribution in [2.45, 2.75) is 0 Å². The van der Waals surface area contributed by atoms with Gasteiger partial charge < -0.3 is 15.8 Å². The SMILES string of the molecule is CNC(=O)c1ccc([N+](=O)[O-])c(Oc2cccc(N)c2)c1. The molecule has 108 valence electrons. The number of carbonyl (C=O) groups excluding carboxylic acids is 1. The summed E-state index contributed by atoms with van der Waals surface area (Å²) in [6.45, 7) is 0. The molecule has 0 aromatic heterocycles. The van der Waals surface area contributed by atoms with Crippen LogP contribution in [0.15, 0.2) is 42.5 Å². The highest BCUT2D eigenvalue weighted by Crippen LogP contribution is 2.32. The van der Waals surface area contributed by atoms with Gasteiger partial charge in [-0.1, -0.05) is 6.07 Å². The molecule has 0 spiro atoms. The minimum atomic E-state index is -0.574. The van der Waals surface area contributed by atoms with E-state index in [4.69, 9.17) is 10.5 Å². The third kappa shape index (κ3) is 3.27. The van der Waals surface area contributed by atoms with Gasteiger partial charge in [-0.25, -0.2) is 0 Å². The maximum atomic E-state index is 11.6. The first-order valence-electron chi connectivity index (χ1n) is 6.05. The number of nitrogen functional groups attached to an aromatic ring is 1. The third-order valence-corrected chi connectivity index (χ3v) is 2.73. The highest BCUT2D eigenvalue weighted by molar-refractivity contribution is 5.94. The molecular formula is C14H13N3O4. The third-order valence-electron chi connectivity index (χ3n) is 2.73.